The van der Waals surface area contributed by atoms with Gasteiger partial charge in [-0.25, -0.2) is 8.42 Å². The molecule has 0 radical (unpaired) electrons. The standard InChI is InChI=1S/C11H18ClNO3S/c1-3-17(14,15)8-4-5-9(13-2)10-6-7-11(12)16-10/h6-7,9,13H,3-5,8H2,1-2H3. The molecule has 0 saturated carbocycles. The first-order valence-corrected chi connectivity index (χ1v) is 7.81. The summed E-state index contributed by atoms with van der Waals surface area (Å²) in [5, 5.41) is 3.44. The number of sulfone groups is 1. The Balaban J connectivity index is 2.49. The Kier molecular flexibility index (Phi) is 5.49. The first kappa shape index (κ1) is 14.5. The molecule has 0 aliphatic carbocycles. The van der Waals surface area contributed by atoms with Crippen LogP contribution >= 0.6 is 11.6 Å². The van der Waals surface area contributed by atoms with E-state index in [-0.39, 0.29) is 17.5 Å². The van der Waals surface area contributed by atoms with Crippen LogP contribution in [0.5, 0.6) is 0 Å². The van der Waals surface area contributed by atoms with Crippen molar-refractivity contribution >= 4 is 21.4 Å². The zero-order valence-corrected chi connectivity index (χ0v) is 11.6. The molecule has 1 N–H and O–H groups in total. The van der Waals surface area contributed by atoms with Gasteiger partial charge in [0.05, 0.1) is 11.8 Å². The molecule has 0 saturated heterocycles. The molecular formula is C11H18ClNO3S. The van der Waals surface area contributed by atoms with E-state index in [1.54, 1.807) is 19.1 Å². The minimum Gasteiger partial charge on any atom is -0.448 e. The Morgan fingerprint density at radius 1 is 1.47 bits per heavy atom. The zero-order chi connectivity index (χ0) is 12.9. The fourth-order valence-electron chi connectivity index (χ4n) is 1.60. The fraction of sp³-hybridized carbons (Fsp3) is 0.636. The molecule has 0 aromatic carbocycles. The summed E-state index contributed by atoms with van der Waals surface area (Å²) >= 11 is 5.70. The summed E-state index contributed by atoms with van der Waals surface area (Å²) in [5.41, 5.74) is 0. The van der Waals surface area contributed by atoms with Crippen LogP contribution in [0.15, 0.2) is 16.5 Å². The third-order valence-electron chi connectivity index (χ3n) is 2.67. The van der Waals surface area contributed by atoms with Crippen LogP contribution in [0.2, 0.25) is 5.22 Å². The molecule has 0 bridgehead atoms. The molecular weight excluding hydrogens is 262 g/mol. The zero-order valence-electron chi connectivity index (χ0n) is 10.1. The highest BCUT2D eigenvalue weighted by atomic mass is 35.5. The van der Waals surface area contributed by atoms with Gasteiger partial charge in [0.15, 0.2) is 5.22 Å². The highest BCUT2D eigenvalue weighted by Gasteiger charge is 2.15. The van der Waals surface area contributed by atoms with Gasteiger partial charge >= 0.3 is 0 Å². The van der Waals surface area contributed by atoms with Crippen molar-refractivity contribution in [2.24, 2.45) is 0 Å². The predicted molar refractivity (Wildman–Crippen MR) is 69.1 cm³/mol. The molecule has 1 atom stereocenters. The number of hydrogen-bond acceptors (Lipinski definition) is 4. The van der Waals surface area contributed by atoms with Crippen LogP contribution in [0.1, 0.15) is 31.6 Å². The Morgan fingerprint density at radius 3 is 2.65 bits per heavy atom. The van der Waals surface area contributed by atoms with Crippen molar-refractivity contribution in [1.82, 2.24) is 5.32 Å². The molecule has 1 rings (SSSR count). The second-order valence-corrected chi connectivity index (χ2v) is 6.71. The van der Waals surface area contributed by atoms with Crippen molar-refractivity contribution in [1.29, 1.82) is 0 Å². The van der Waals surface area contributed by atoms with E-state index in [0.29, 0.717) is 18.1 Å². The van der Waals surface area contributed by atoms with Crippen LogP contribution in [0.3, 0.4) is 0 Å². The summed E-state index contributed by atoms with van der Waals surface area (Å²) < 4.78 is 28.0. The summed E-state index contributed by atoms with van der Waals surface area (Å²) in [4.78, 5) is 0. The molecule has 1 heterocycles. The van der Waals surface area contributed by atoms with Crippen molar-refractivity contribution in [2.45, 2.75) is 25.8 Å². The number of furan rings is 1. The largest absolute Gasteiger partial charge is 0.448 e. The average Bonchev–Trinajstić information content (AvgIpc) is 2.71. The molecule has 0 amide bonds. The predicted octanol–water partition coefficient (Wildman–Crippen LogP) is 2.41. The number of halogens is 1. The lowest BCUT2D eigenvalue weighted by atomic mass is 10.1. The molecule has 1 aromatic heterocycles. The lowest BCUT2D eigenvalue weighted by molar-refractivity contribution is 0.413. The molecule has 6 heteroatoms. The quantitative estimate of drug-likeness (QED) is 0.833. The maximum absolute atomic E-state index is 11.3. The van der Waals surface area contributed by atoms with Gasteiger partial charge in [-0.1, -0.05) is 6.92 Å². The van der Waals surface area contributed by atoms with Crippen LogP contribution in [0.25, 0.3) is 0 Å². The Labute approximate surface area is 107 Å². The maximum Gasteiger partial charge on any atom is 0.193 e. The third kappa shape index (κ3) is 4.69. The third-order valence-corrected chi connectivity index (χ3v) is 4.67. The van der Waals surface area contributed by atoms with Crippen LogP contribution < -0.4 is 5.32 Å². The second-order valence-electron chi connectivity index (χ2n) is 3.86. The summed E-state index contributed by atoms with van der Waals surface area (Å²) in [6.45, 7) is 1.66. The summed E-state index contributed by atoms with van der Waals surface area (Å²) in [7, 11) is -1.07. The first-order valence-electron chi connectivity index (χ1n) is 5.61. The number of rotatable bonds is 7. The van der Waals surface area contributed by atoms with E-state index in [1.165, 1.54) is 0 Å². The first-order chi connectivity index (χ1) is 7.98. The number of hydrogen-bond donors (Lipinski definition) is 1. The van der Waals surface area contributed by atoms with Gasteiger partial charge in [0.2, 0.25) is 0 Å². The second kappa shape index (κ2) is 6.42. The molecule has 4 nitrogen and oxygen atoms in total. The summed E-state index contributed by atoms with van der Waals surface area (Å²) in [6.07, 6.45) is 1.32. The van der Waals surface area contributed by atoms with Gasteiger partial charge in [0.1, 0.15) is 15.6 Å². The maximum atomic E-state index is 11.3. The Morgan fingerprint density at radius 2 is 2.18 bits per heavy atom. The molecule has 0 aliphatic rings. The Bertz CT molecular complexity index is 441. The van der Waals surface area contributed by atoms with Gasteiger partial charge in [0, 0.05) is 5.75 Å². The molecule has 98 valence electrons. The smallest absolute Gasteiger partial charge is 0.193 e. The van der Waals surface area contributed by atoms with E-state index in [4.69, 9.17) is 16.0 Å². The van der Waals surface area contributed by atoms with E-state index in [0.717, 1.165) is 5.76 Å². The van der Waals surface area contributed by atoms with Crippen LogP contribution in [-0.2, 0) is 9.84 Å². The summed E-state index contributed by atoms with van der Waals surface area (Å²) in [5.74, 6) is 1.16. The Hall–Kier alpha value is -0.520. The molecule has 0 spiro atoms. The minimum absolute atomic E-state index is 0.00885. The van der Waals surface area contributed by atoms with Crippen LogP contribution in [0.4, 0.5) is 0 Å². The summed E-state index contributed by atoms with van der Waals surface area (Å²) in [6, 6.07) is 3.50. The van der Waals surface area contributed by atoms with Gasteiger partial charge in [0.25, 0.3) is 0 Å². The van der Waals surface area contributed by atoms with Crippen molar-refractivity contribution in [2.75, 3.05) is 18.6 Å². The lowest BCUT2D eigenvalue weighted by Crippen LogP contribution is -2.17. The lowest BCUT2D eigenvalue weighted by Gasteiger charge is -2.13. The molecule has 17 heavy (non-hydrogen) atoms. The molecule has 1 aromatic rings. The van der Waals surface area contributed by atoms with Gasteiger partial charge < -0.3 is 9.73 Å². The highest BCUT2D eigenvalue weighted by molar-refractivity contribution is 7.91. The van der Waals surface area contributed by atoms with Gasteiger partial charge in [-0.05, 0) is 43.6 Å². The fourth-order valence-corrected chi connectivity index (χ4v) is 2.64. The van der Waals surface area contributed by atoms with Crippen LogP contribution in [-0.4, -0.2) is 27.0 Å². The average molecular weight is 280 g/mol. The molecule has 0 fully saturated rings. The molecule has 1 unspecified atom stereocenters. The van der Waals surface area contributed by atoms with E-state index < -0.39 is 9.84 Å². The van der Waals surface area contributed by atoms with Gasteiger partial charge in [-0.15, -0.1) is 0 Å². The van der Waals surface area contributed by atoms with E-state index in [1.807, 2.05) is 7.05 Å². The van der Waals surface area contributed by atoms with Crippen molar-refractivity contribution in [3.63, 3.8) is 0 Å². The number of nitrogens with one attached hydrogen (secondary N) is 1. The van der Waals surface area contributed by atoms with E-state index in [2.05, 4.69) is 5.32 Å². The van der Waals surface area contributed by atoms with Gasteiger partial charge in [-0.3, -0.25) is 0 Å². The minimum atomic E-state index is -2.88. The van der Waals surface area contributed by atoms with Crippen LogP contribution in [0, 0.1) is 0 Å². The monoisotopic (exact) mass is 279 g/mol. The van der Waals surface area contributed by atoms with Crippen molar-refractivity contribution < 1.29 is 12.8 Å². The van der Waals surface area contributed by atoms with Gasteiger partial charge in [-0.2, -0.15) is 0 Å². The van der Waals surface area contributed by atoms with Crippen molar-refractivity contribution in [3.8, 4) is 0 Å². The van der Waals surface area contributed by atoms with Crippen molar-refractivity contribution in [3.05, 3.63) is 23.1 Å². The molecule has 0 aliphatic heterocycles. The SMILES string of the molecule is CCS(=O)(=O)CCCC(NC)c1ccc(Cl)o1. The highest BCUT2D eigenvalue weighted by Crippen LogP contribution is 2.23. The topological polar surface area (TPSA) is 59.3 Å². The van der Waals surface area contributed by atoms with E-state index in [9.17, 15) is 8.42 Å². The van der Waals surface area contributed by atoms with E-state index >= 15 is 0 Å². The normalized spacial score (nSPS) is 13.8.